The molecule has 1 fully saturated rings. The maximum atomic E-state index is 15.0. The van der Waals surface area contributed by atoms with Crippen LogP contribution in [0.25, 0.3) is 16.6 Å². The largest absolute Gasteiger partial charge is 0.477 e. The molecule has 33 heavy (non-hydrogen) atoms. The first kappa shape index (κ1) is 22.7. The number of hydrogen-bond acceptors (Lipinski definition) is 4. The van der Waals surface area contributed by atoms with E-state index in [4.69, 9.17) is 0 Å². The van der Waals surface area contributed by atoms with E-state index in [9.17, 15) is 36.6 Å². The van der Waals surface area contributed by atoms with Gasteiger partial charge in [0, 0.05) is 43.4 Å². The number of aromatic nitrogens is 1. The van der Waals surface area contributed by atoms with Crippen LogP contribution in [0.5, 0.6) is 0 Å². The van der Waals surface area contributed by atoms with Crippen molar-refractivity contribution in [2.75, 3.05) is 37.6 Å². The molecule has 174 valence electrons. The molecule has 4 rings (SSSR count). The molecule has 1 aliphatic heterocycles. The molecule has 2 heterocycles. The Balaban J connectivity index is 1.79. The number of anilines is 1. The lowest BCUT2D eigenvalue weighted by Gasteiger charge is -2.36. The first-order valence-electron chi connectivity index (χ1n) is 9.96. The predicted molar refractivity (Wildman–Crippen MR) is 111 cm³/mol. The Morgan fingerprint density at radius 1 is 1.00 bits per heavy atom. The minimum absolute atomic E-state index is 0.0692. The monoisotopic (exact) mass is 467 g/mol. The number of nitrogens with zero attached hydrogens (tertiary/aromatic N) is 3. The molecule has 1 aliphatic rings. The number of carboxylic acids is 1. The summed E-state index contributed by atoms with van der Waals surface area (Å²) in [5.74, 6) is -2.81. The number of alkyl halides is 3. The number of benzene rings is 2. The zero-order valence-corrected chi connectivity index (χ0v) is 17.1. The maximum absolute atomic E-state index is 15.0. The van der Waals surface area contributed by atoms with Crippen LogP contribution < -0.4 is 10.3 Å². The summed E-state index contributed by atoms with van der Waals surface area (Å²) in [5, 5.41) is 9.23. The van der Waals surface area contributed by atoms with Crippen molar-refractivity contribution in [2.24, 2.45) is 0 Å². The second kappa shape index (κ2) is 8.47. The predicted octanol–water partition coefficient (Wildman–Crippen LogP) is 3.65. The molecule has 1 aromatic heterocycles. The van der Waals surface area contributed by atoms with Gasteiger partial charge in [0.25, 0.3) is 0 Å². The van der Waals surface area contributed by atoms with Crippen LogP contribution in [0.3, 0.4) is 0 Å². The Hall–Kier alpha value is -3.47. The summed E-state index contributed by atoms with van der Waals surface area (Å²) in [4.78, 5) is 27.0. The van der Waals surface area contributed by atoms with Gasteiger partial charge in [-0.1, -0.05) is 0 Å². The number of piperazine rings is 1. The number of aromatic carboxylic acids is 1. The van der Waals surface area contributed by atoms with Crippen molar-refractivity contribution in [1.29, 1.82) is 0 Å². The van der Waals surface area contributed by atoms with E-state index in [1.165, 1.54) is 27.7 Å². The number of hydrogen-bond donors (Lipinski definition) is 1. The van der Waals surface area contributed by atoms with Gasteiger partial charge in [0.05, 0.1) is 17.7 Å². The Kier molecular flexibility index (Phi) is 5.83. The number of carbonyl (C=O) groups is 1. The molecule has 0 bridgehead atoms. The van der Waals surface area contributed by atoms with Crippen LogP contribution in [-0.4, -0.2) is 59.4 Å². The zero-order valence-electron chi connectivity index (χ0n) is 17.1. The number of pyridine rings is 1. The highest BCUT2D eigenvalue weighted by Crippen LogP contribution is 2.28. The van der Waals surface area contributed by atoms with Gasteiger partial charge in [-0.05, 0) is 36.4 Å². The van der Waals surface area contributed by atoms with Gasteiger partial charge >= 0.3 is 12.1 Å². The van der Waals surface area contributed by atoms with E-state index in [2.05, 4.69) is 0 Å². The number of halogens is 5. The molecule has 0 radical (unpaired) electrons. The third kappa shape index (κ3) is 4.68. The van der Waals surface area contributed by atoms with Crippen molar-refractivity contribution in [3.8, 4) is 5.69 Å². The molecule has 2 aromatic carbocycles. The van der Waals surface area contributed by atoms with Gasteiger partial charge in [-0.25, -0.2) is 13.6 Å². The van der Waals surface area contributed by atoms with Gasteiger partial charge < -0.3 is 14.6 Å². The molecule has 0 atom stereocenters. The van der Waals surface area contributed by atoms with Crippen LogP contribution in [0.15, 0.2) is 47.4 Å². The molecule has 0 spiro atoms. The molecule has 0 saturated carbocycles. The summed E-state index contributed by atoms with van der Waals surface area (Å²) in [7, 11) is 0. The van der Waals surface area contributed by atoms with E-state index in [0.717, 1.165) is 24.4 Å². The highest BCUT2D eigenvalue weighted by atomic mass is 19.4. The van der Waals surface area contributed by atoms with Crippen molar-refractivity contribution in [3.05, 3.63) is 70.0 Å². The van der Waals surface area contributed by atoms with Crippen LogP contribution in [0, 0.1) is 11.6 Å². The second-order valence-corrected chi connectivity index (χ2v) is 7.72. The van der Waals surface area contributed by atoms with E-state index in [0.29, 0.717) is 5.69 Å². The molecular weight excluding hydrogens is 449 g/mol. The topological polar surface area (TPSA) is 65.8 Å². The van der Waals surface area contributed by atoms with Gasteiger partial charge in [-0.3, -0.25) is 9.69 Å². The van der Waals surface area contributed by atoms with E-state index in [1.54, 1.807) is 4.90 Å². The molecule has 1 N–H and O–H groups in total. The zero-order chi connectivity index (χ0) is 23.9. The lowest BCUT2D eigenvalue weighted by Crippen LogP contribution is -2.49. The Morgan fingerprint density at radius 2 is 1.64 bits per heavy atom. The summed E-state index contributed by atoms with van der Waals surface area (Å²) in [6, 6.07) is 7.36. The normalized spacial score (nSPS) is 15.2. The van der Waals surface area contributed by atoms with Crippen LogP contribution in [-0.2, 0) is 0 Å². The molecule has 1 saturated heterocycles. The van der Waals surface area contributed by atoms with E-state index < -0.39 is 41.3 Å². The standard InChI is InChI=1S/C22H18F5N3O3/c23-13-1-3-14(4-2-13)30-11-16(21(32)33)20(31)15-9-17(24)19(10-18(15)30)29-7-5-28(6-8-29)12-22(25,26)27/h1-4,9-11H,5-8,12H2,(H,32,33). The fourth-order valence-electron chi connectivity index (χ4n) is 3.94. The highest BCUT2D eigenvalue weighted by molar-refractivity contribution is 5.94. The third-order valence-corrected chi connectivity index (χ3v) is 5.52. The molecule has 0 amide bonds. The lowest BCUT2D eigenvalue weighted by atomic mass is 10.1. The first-order chi connectivity index (χ1) is 15.5. The fourth-order valence-corrected chi connectivity index (χ4v) is 3.94. The second-order valence-electron chi connectivity index (χ2n) is 7.72. The minimum Gasteiger partial charge on any atom is -0.477 e. The first-order valence-corrected chi connectivity index (χ1v) is 9.96. The Labute approximate surface area is 184 Å². The average molecular weight is 467 g/mol. The van der Waals surface area contributed by atoms with Crippen LogP contribution in [0.2, 0.25) is 0 Å². The van der Waals surface area contributed by atoms with Crippen molar-refractivity contribution in [2.45, 2.75) is 6.18 Å². The summed E-state index contributed by atoms with van der Waals surface area (Å²) in [6.07, 6.45) is -3.24. The smallest absolute Gasteiger partial charge is 0.401 e. The van der Waals surface area contributed by atoms with Gasteiger partial charge in [-0.2, -0.15) is 13.2 Å². The van der Waals surface area contributed by atoms with Gasteiger partial charge in [0.15, 0.2) is 0 Å². The van der Waals surface area contributed by atoms with Crippen LogP contribution in [0.4, 0.5) is 27.6 Å². The summed E-state index contributed by atoms with van der Waals surface area (Å²) in [6.45, 7) is -0.651. The molecule has 0 unspecified atom stereocenters. The maximum Gasteiger partial charge on any atom is 0.401 e. The fraction of sp³-hybridized carbons (Fsp3) is 0.273. The molecule has 6 nitrogen and oxygen atoms in total. The average Bonchev–Trinajstić information content (AvgIpc) is 2.74. The van der Waals surface area contributed by atoms with E-state index >= 15 is 0 Å². The van der Waals surface area contributed by atoms with Crippen LogP contribution in [0.1, 0.15) is 10.4 Å². The molecule has 0 aliphatic carbocycles. The Morgan fingerprint density at radius 3 is 2.21 bits per heavy atom. The van der Waals surface area contributed by atoms with Crippen molar-refractivity contribution >= 4 is 22.6 Å². The third-order valence-electron chi connectivity index (χ3n) is 5.52. The number of fused-ring (bicyclic) bond motifs is 1. The summed E-state index contributed by atoms with van der Waals surface area (Å²) >= 11 is 0. The van der Waals surface area contributed by atoms with E-state index in [1.807, 2.05) is 0 Å². The van der Waals surface area contributed by atoms with Gasteiger partial charge in [0.1, 0.15) is 17.2 Å². The highest BCUT2D eigenvalue weighted by Gasteiger charge is 2.32. The Bertz CT molecular complexity index is 1260. The molecular formula is C22H18F5N3O3. The van der Waals surface area contributed by atoms with Gasteiger partial charge in [-0.15, -0.1) is 0 Å². The van der Waals surface area contributed by atoms with Gasteiger partial charge in [0.2, 0.25) is 5.43 Å². The SMILES string of the molecule is O=C(O)c1cn(-c2ccc(F)cc2)c2cc(N3CCN(CC(F)(F)F)CC3)c(F)cc2c1=O. The quantitative estimate of drug-likeness (QED) is 0.594. The van der Waals surface area contributed by atoms with Crippen molar-refractivity contribution in [1.82, 2.24) is 9.47 Å². The van der Waals surface area contributed by atoms with Crippen molar-refractivity contribution in [3.63, 3.8) is 0 Å². The summed E-state index contributed by atoms with van der Waals surface area (Å²) in [5.41, 5.74) is -0.856. The number of carboxylic acid groups (broad SMARTS) is 1. The lowest BCUT2D eigenvalue weighted by molar-refractivity contribution is -0.146. The summed E-state index contributed by atoms with van der Waals surface area (Å²) < 4.78 is 67.7. The minimum atomic E-state index is -4.33. The van der Waals surface area contributed by atoms with Crippen LogP contribution >= 0.6 is 0 Å². The van der Waals surface area contributed by atoms with E-state index in [-0.39, 0.29) is 42.8 Å². The molecule has 11 heteroatoms. The molecule has 3 aromatic rings. The van der Waals surface area contributed by atoms with Crippen molar-refractivity contribution < 1.29 is 31.9 Å². The number of rotatable bonds is 4.